The van der Waals surface area contributed by atoms with Crippen LogP contribution in [0.25, 0.3) is 10.9 Å². The van der Waals surface area contributed by atoms with Crippen LogP contribution in [0.3, 0.4) is 0 Å². The number of benzene rings is 1. The third kappa shape index (κ3) is 1.39. The number of rotatable bonds is 1. The monoisotopic (exact) mass is 269 g/mol. The average Bonchev–Trinajstić information content (AvgIpc) is 2.50. The van der Waals surface area contributed by atoms with E-state index in [1.807, 2.05) is 0 Å². The molecule has 4 nitrogen and oxygen atoms in total. The number of hydrogen-bond donors (Lipinski definition) is 3. The number of halogens is 1. The van der Waals surface area contributed by atoms with E-state index >= 15 is 0 Å². The van der Waals surface area contributed by atoms with Gasteiger partial charge in [0.15, 0.2) is 0 Å². The van der Waals surface area contributed by atoms with Crippen LogP contribution in [-0.4, -0.2) is 21.2 Å². The van der Waals surface area contributed by atoms with E-state index in [-0.39, 0.29) is 11.4 Å². The summed E-state index contributed by atoms with van der Waals surface area (Å²) in [5.41, 5.74) is 1.26. The van der Waals surface area contributed by atoms with Crippen molar-refractivity contribution in [1.29, 1.82) is 0 Å². The molecule has 0 saturated heterocycles. The molecule has 0 aliphatic rings. The molecule has 3 N–H and O–H groups in total. The Kier molecular flexibility index (Phi) is 2.19. The maximum Gasteiger partial charge on any atom is 0.352 e. The molecule has 1 heterocycles. The first kappa shape index (κ1) is 10.0. The summed E-state index contributed by atoms with van der Waals surface area (Å²) in [6.45, 7) is 1.66. The lowest BCUT2D eigenvalue weighted by molar-refractivity contribution is 0.0691. The molecular weight excluding hydrogens is 262 g/mol. The zero-order chi connectivity index (χ0) is 11.2. The Hall–Kier alpha value is -1.49. The van der Waals surface area contributed by atoms with Crippen molar-refractivity contribution in [2.45, 2.75) is 6.92 Å². The van der Waals surface area contributed by atoms with E-state index in [0.29, 0.717) is 20.9 Å². The second-order valence-electron chi connectivity index (χ2n) is 3.25. The van der Waals surface area contributed by atoms with Gasteiger partial charge in [0.2, 0.25) is 0 Å². The third-order valence-corrected chi connectivity index (χ3v) is 2.99. The Balaban J connectivity index is 2.89. The van der Waals surface area contributed by atoms with E-state index in [1.54, 1.807) is 19.1 Å². The second-order valence-corrected chi connectivity index (χ2v) is 4.10. The summed E-state index contributed by atoms with van der Waals surface area (Å²) >= 11 is 3.19. The molecule has 0 radical (unpaired) electrons. The number of aromatic amines is 1. The van der Waals surface area contributed by atoms with Crippen molar-refractivity contribution in [3.63, 3.8) is 0 Å². The summed E-state index contributed by atoms with van der Waals surface area (Å²) in [7, 11) is 0. The van der Waals surface area contributed by atoms with Crippen molar-refractivity contribution in [2.75, 3.05) is 0 Å². The highest BCUT2D eigenvalue weighted by Crippen LogP contribution is 2.35. The van der Waals surface area contributed by atoms with Gasteiger partial charge in [-0.25, -0.2) is 4.79 Å². The molecule has 0 saturated carbocycles. The maximum atomic E-state index is 10.9. The molecule has 0 bridgehead atoms. The van der Waals surface area contributed by atoms with E-state index in [4.69, 9.17) is 5.11 Å². The molecule has 78 valence electrons. The van der Waals surface area contributed by atoms with Gasteiger partial charge >= 0.3 is 5.97 Å². The summed E-state index contributed by atoms with van der Waals surface area (Å²) < 4.78 is 0.550. The number of aromatic nitrogens is 1. The molecule has 5 heteroatoms. The number of phenols is 1. The molecule has 1 aromatic heterocycles. The molecule has 0 atom stereocenters. The molecule has 2 rings (SSSR count). The van der Waals surface area contributed by atoms with Gasteiger partial charge in [0.25, 0.3) is 0 Å². The number of carbonyl (C=O) groups is 1. The number of aromatic hydroxyl groups is 1. The van der Waals surface area contributed by atoms with Crippen LogP contribution in [0.15, 0.2) is 16.6 Å². The summed E-state index contributed by atoms with van der Waals surface area (Å²) in [5.74, 6) is -0.965. The van der Waals surface area contributed by atoms with Crippen molar-refractivity contribution >= 4 is 32.8 Å². The van der Waals surface area contributed by atoms with Crippen LogP contribution >= 0.6 is 15.9 Å². The number of hydrogen-bond acceptors (Lipinski definition) is 2. The fraction of sp³-hybridized carbons (Fsp3) is 0.100. The number of H-pyrrole nitrogens is 1. The van der Waals surface area contributed by atoms with Crippen molar-refractivity contribution < 1.29 is 15.0 Å². The number of carboxylic acids is 1. The van der Waals surface area contributed by atoms with Gasteiger partial charge in [-0.05, 0) is 40.5 Å². The first-order valence-electron chi connectivity index (χ1n) is 4.25. The van der Waals surface area contributed by atoms with Gasteiger partial charge in [0.1, 0.15) is 11.4 Å². The van der Waals surface area contributed by atoms with Gasteiger partial charge in [-0.2, -0.15) is 0 Å². The largest absolute Gasteiger partial charge is 0.506 e. The lowest BCUT2D eigenvalue weighted by Gasteiger charge is -1.99. The fourth-order valence-corrected chi connectivity index (χ4v) is 1.95. The van der Waals surface area contributed by atoms with Crippen molar-refractivity contribution in [1.82, 2.24) is 4.98 Å². The van der Waals surface area contributed by atoms with Crippen LogP contribution in [0.2, 0.25) is 0 Å². The first-order chi connectivity index (χ1) is 7.02. The highest BCUT2D eigenvalue weighted by molar-refractivity contribution is 9.10. The SMILES string of the molecule is Cc1c(C(=O)O)[nH]c2ccc(Br)c(O)c12. The van der Waals surface area contributed by atoms with E-state index in [1.165, 1.54) is 0 Å². The summed E-state index contributed by atoms with van der Waals surface area (Å²) in [4.78, 5) is 13.6. The lowest BCUT2D eigenvalue weighted by atomic mass is 10.1. The fourth-order valence-electron chi connectivity index (χ4n) is 1.62. The molecule has 0 aliphatic carbocycles. The molecule has 0 unspecified atom stereocenters. The van der Waals surface area contributed by atoms with Crippen molar-refractivity contribution in [2.24, 2.45) is 0 Å². The van der Waals surface area contributed by atoms with Crippen LogP contribution in [-0.2, 0) is 0 Å². The molecule has 15 heavy (non-hydrogen) atoms. The number of aryl methyl sites for hydroxylation is 1. The zero-order valence-corrected chi connectivity index (χ0v) is 9.42. The molecule has 0 fully saturated rings. The quantitative estimate of drug-likeness (QED) is 0.745. The molecule has 1 aromatic carbocycles. The Bertz CT molecular complexity index is 559. The van der Waals surface area contributed by atoms with Gasteiger partial charge in [-0.3, -0.25) is 0 Å². The summed E-state index contributed by atoms with van der Waals surface area (Å²) in [6.07, 6.45) is 0. The average molecular weight is 270 g/mol. The molecular formula is C10H8BrNO3. The summed E-state index contributed by atoms with van der Waals surface area (Å²) in [6, 6.07) is 3.39. The topological polar surface area (TPSA) is 73.3 Å². The molecule has 0 aliphatic heterocycles. The number of carboxylic acid groups (broad SMARTS) is 1. The number of aromatic carboxylic acids is 1. The lowest BCUT2D eigenvalue weighted by Crippen LogP contribution is -1.98. The predicted molar refractivity (Wildman–Crippen MR) is 59.4 cm³/mol. The Morgan fingerprint density at radius 3 is 2.73 bits per heavy atom. The molecule has 0 amide bonds. The smallest absolute Gasteiger partial charge is 0.352 e. The number of nitrogens with one attached hydrogen (secondary N) is 1. The van der Waals surface area contributed by atoms with Crippen LogP contribution in [0, 0.1) is 6.92 Å². The van der Waals surface area contributed by atoms with Crippen LogP contribution in [0.1, 0.15) is 16.1 Å². The van der Waals surface area contributed by atoms with Gasteiger partial charge in [-0.1, -0.05) is 0 Å². The highest BCUT2D eigenvalue weighted by Gasteiger charge is 2.17. The van der Waals surface area contributed by atoms with Gasteiger partial charge in [0.05, 0.1) is 9.99 Å². The first-order valence-corrected chi connectivity index (χ1v) is 5.04. The van der Waals surface area contributed by atoms with Gasteiger partial charge < -0.3 is 15.2 Å². The standard InChI is InChI=1S/C10H8BrNO3/c1-4-7-6(12-8(4)10(14)15)3-2-5(11)9(7)13/h2-3,12-13H,1H3,(H,14,15). The number of fused-ring (bicyclic) bond motifs is 1. The Labute approximate surface area is 93.7 Å². The number of phenolic OH excluding ortho intramolecular Hbond substituents is 1. The Morgan fingerprint density at radius 1 is 1.47 bits per heavy atom. The van der Waals surface area contributed by atoms with E-state index < -0.39 is 5.97 Å². The van der Waals surface area contributed by atoms with Crippen LogP contribution in [0.4, 0.5) is 0 Å². The van der Waals surface area contributed by atoms with E-state index in [2.05, 4.69) is 20.9 Å². The normalized spacial score (nSPS) is 10.8. The van der Waals surface area contributed by atoms with Crippen LogP contribution < -0.4 is 0 Å². The second kappa shape index (κ2) is 3.27. The van der Waals surface area contributed by atoms with Gasteiger partial charge in [-0.15, -0.1) is 0 Å². The summed E-state index contributed by atoms with van der Waals surface area (Å²) in [5, 5.41) is 19.2. The third-order valence-electron chi connectivity index (χ3n) is 2.35. The van der Waals surface area contributed by atoms with Gasteiger partial charge in [0, 0.05) is 5.39 Å². The van der Waals surface area contributed by atoms with E-state index in [0.717, 1.165) is 0 Å². The van der Waals surface area contributed by atoms with Crippen molar-refractivity contribution in [3.8, 4) is 5.75 Å². The van der Waals surface area contributed by atoms with Crippen molar-refractivity contribution in [3.05, 3.63) is 27.9 Å². The molecule has 2 aromatic rings. The minimum Gasteiger partial charge on any atom is -0.506 e. The maximum absolute atomic E-state index is 10.9. The minimum atomic E-state index is -1.03. The highest BCUT2D eigenvalue weighted by atomic mass is 79.9. The Morgan fingerprint density at radius 2 is 2.13 bits per heavy atom. The molecule has 0 spiro atoms. The van der Waals surface area contributed by atoms with Crippen LogP contribution in [0.5, 0.6) is 5.75 Å². The zero-order valence-electron chi connectivity index (χ0n) is 7.84. The predicted octanol–water partition coefficient (Wildman–Crippen LogP) is 2.64. The minimum absolute atomic E-state index is 0.0637. The van der Waals surface area contributed by atoms with E-state index in [9.17, 15) is 9.90 Å².